The lowest BCUT2D eigenvalue weighted by molar-refractivity contribution is -0.150. The number of aromatic nitrogens is 3. The molecule has 4 rings (SSSR count). The molecule has 12 heteroatoms. The summed E-state index contributed by atoms with van der Waals surface area (Å²) in [5.41, 5.74) is -0.597. The van der Waals surface area contributed by atoms with E-state index in [-0.39, 0.29) is 13.0 Å². The standard InChI is InChI=1S/C29H38N6O6/c1-28(2,3)24(32-27(39)33-29(4,5)6)25(36)34-16-18(14-21(34)26(37)38)41-22-15-23(35-12-8-11-30-35)31-20-13-17(40-7)9-10-19(20)22/h8-13,15,18,21,24H,14,16H2,1-7H3,(H,37,38)(H2,32,33,39)/t18?,21-,24+/m0/s1. The number of pyridine rings is 1. The summed E-state index contributed by atoms with van der Waals surface area (Å²) in [6, 6.07) is 6.31. The van der Waals surface area contributed by atoms with Gasteiger partial charge in [0.1, 0.15) is 29.7 Å². The number of nitrogens with zero attached hydrogens (tertiary/aromatic N) is 4. The van der Waals surface area contributed by atoms with Gasteiger partial charge in [-0.1, -0.05) is 20.8 Å². The zero-order valence-corrected chi connectivity index (χ0v) is 24.5. The van der Waals surface area contributed by atoms with Crippen LogP contribution in [0.5, 0.6) is 11.5 Å². The largest absolute Gasteiger partial charge is 0.497 e. The number of carboxylic acids is 1. The summed E-state index contributed by atoms with van der Waals surface area (Å²) in [6.07, 6.45) is 2.84. The third-order valence-electron chi connectivity index (χ3n) is 6.71. The molecular formula is C29H38N6O6. The number of hydrogen-bond donors (Lipinski definition) is 3. The Morgan fingerprint density at radius 1 is 1.12 bits per heavy atom. The van der Waals surface area contributed by atoms with Gasteiger partial charge in [0.2, 0.25) is 5.91 Å². The number of benzene rings is 1. The van der Waals surface area contributed by atoms with Crippen LogP contribution in [0.3, 0.4) is 0 Å². The Labute approximate surface area is 239 Å². The van der Waals surface area contributed by atoms with E-state index in [0.29, 0.717) is 28.2 Å². The molecule has 0 bridgehead atoms. The number of carboxylic acid groups (broad SMARTS) is 1. The topological polar surface area (TPSA) is 148 Å². The molecule has 1 saturated heterocycles. The van der Waals surface area contributed by atoms with Crippen molar-refractivity contribution in [2.45, 2.75) is 71.7 Å². The first kappa shape index (κ1) is 29.6. The van der Waals surface area contributed by atoms with E-state index < -0.39 is 47.0 Å². The van der Waals surface area contributed by atoms with Gasteiger partial charge in [-0.15, -0.1) is 0 Å². The number of fused-ring (bicyclic) bond motifs is 1. The molecule has 1 aromatic carbocycles. The number of methoxy groups -OCH3 is 1. The van der Waals surface area contributed by atoms with E-state index in [1.807, 2.05) is 47.6 Å². The summed E-state index contributed by atoms with van der Waals surface area (Å²) in [4.78, 5) is 44.8. The molecule has 3 atom stereocenters. The predicted molar refractivity (Wildman–Crippen MR) is 152 cm³/mol. The number of carbonyl (C=O) groups is 3. The molecular weight excluding hydrogens is 528 g/mol. The molecule has 3 N–H and O–H groups in total. The molecule has 1 fully saturated rings. The SMILES string of the molecule is COc1ccc2c(OC3C[C@@H](C(=O)O)N(C(=O)[C@@H](NC(=O)NC(C)(C)C)C(C)(C)C)C3)cc(-n3cccn3)nc2c1. The molecule has 0 spiro atoms. The molecule has 12 nitrogen and oxygen atoms in total. The second kappa shape index (κ2) is 11.3. The third kappa shape index (κ3) is 6.87. The van der Waals surface area contributed by atoms with Gasteiger partial charge in [0.25, 0.3) is 0 Å². The van der Waals surface area contributed by atoms with Crippen LogP contribution < -0.4 is 20.1 Å². The van der Waals surface area contributed by atoms with Crippen molar-refractivity contribution in [2.75, 3.05) is 13.7 Å². The van der Waals surface area contributed by atoms with Crippen LogP contribution in [0, 0.1) is 5.41 Å². The minimum absolute atomic E-state index is 0.0298. The van der Waals surface area contributed by atoms with E-state index >= 15 is 0 Å². The Morgan fingerprint density at radius 3 is 2.44 bits per heavy atom. The van der Waals surface area contributed by atoms with Crippen molar-refractivity contribution in [1.82, 2.24) is 30.3 Å². The fourth-order valence-electron chi connectivity index (χ4n) is 4.77. The first-order chi connectivity index (χ1) is 19.2. The molecule has 1 aliphatic rings. The van der Waals surface area contributed by atoms with Crippen molar-refractivity contribution in [3.63, 3.8) is 0 Å². The highest BCUT2D eigenvalue weighted by molar-refractivity contribution is 5.91. The molecule has 1 unspecified atom stereocenters. The van der Waals surface area contributed by atoms with Crippen LogP contribution in [0.2, 0.25) is 0 Å². The Balaban J connectivity index is 1.63. The molecule has 0 saturated carbocycles. The zero-order chi connectivity index (χ0) is 30.1. The molecule has 41 heavy (non-hydrogen) atoms. The number of likely N-dealkylation sites (tertiary alicyclic amines) is 1. The van der Waals surface area contributed by atoms with Crippen LogP contribution in [0.4, 0.5) is 4.79 Å². The van der Waals surface area contributed by atoms with Crippen LogP contribution in [-0.4, -0.2) is 80.1 Å². The molecule has 2 aromatic heterocycles. The number of carbonyl (C=O) groups excluding carboxylic acids is 2. The Kier molecular flexibility index (Phi) is 8.14. The predicted octanol–water partition coefficient (Wildman–Crippen LogP) is 3.37. The van der Waals surface area contributed by atoms with Crippen molar-refractivity contribution < 1.29 is 29.0 Å². The van der Waals surface area contributed by atoms with Crippen molar-refractivity contribution in [3.05, 3.63) is 42.7 Å². The van der Waals surface area contributed by atoms with Gasteiger partial charge in [-0.2, -0.15) is 5.10 Å². The molecule has 0 aliphatic carbocycles. The lowest BCUT2D eigenvalue weighted by Gasteiger charge is -2.35. The quantitative estimate of drug-likeness (QED) is 0.394. The van der Waals surface area contributed by atoms with Crippen LogP contribution >= 0.6 is 0 Å². The normalized spacial score (nSPS) is 18.2. The minimum atomic E-state index is -1.14. The van der Waals surface area contributed by atoms with Gasteiger partial charge in [0.05, 0.1) is 19.2 Å². The van der Waals surface area contributed by atoms with E-state index in [4.69, 9.17) is 9.47 Å². The monoisotopic (exact) mass is 566 g/mol. The van der Waals surface area contributed by atoms with Gasteiger partial charge in [0.15, 0.2) is 5.82 Å². The van der Waals surface area contributed by atoms with Crippen molar-refractivity contribution in [1.29, 1.82) is 0 Å². The molecule has 3 heterocycles. The number of rotatable bonds is 7. The summed E-state index contributed by atoms with van der Waals surface area (Å²) >= 11 is 0. The highest BCUT2D eigenvalue weighted by atomic mass is 16.5. The Morgan fingerprint density at radius 2 is 1.85 bits per heavy atom. The highest BCUT2D eigenvalue weighted by Crippen LogP contribution is 2.33. The van der Waals surface area contributed by atoms with E-state index in [1.54, 1.807) is 48.5 Å². The summed E-state index contributed by atoms with van der Waals surface area (Å²) < 4.78 is 13.4. The minimum Gasteiger partial charge on any atom is -0.497 e. The number of hydrogen-bond acceptors (Lipinski definition) is 7. The highest BCUT2D eigenvalue weighted by Gasteiger charge is 2.46. The Hall–Kier alpha value is -4.35. The van der Waals surface area contributed by atoms with Crippen LogP contribution in [0.15, 0.2) is 42.7 Å². The molecule has 3 aromatic rings. The maximum Gasteiger partial charge on any atom is 0.326 e. The van der Waals surface area contributed by atoms with Crippen LogP contribution in [0.1, 0.15) is 48.0 Å². The molecule has 1 aliphatic heterocycles. The second-order valence-corrected chi connectivity index (χ2v) is 12.3. The molecule has 3 amide bonds. The van der Waals surface area contributed by atoms with E-state index in [0.717, 1.165) is 0 Å². The number of urea groups is 1. The second-order valence-electron chi connectivity index (χ2n) is 12.3. The maximum atomic E-state index is 13.8. The number of amides is 3. The van der Waals surface area contributed by atoms with Crippen LogP contribution in [-0.2, 0) is 9.59 Å². The lowest BCUT2D eigenvalue weighted by atomic mass is 9.85. The van der Waals surface area contributed by atoms with Gasteiger partial charge < -0.3 is 30.1 Å². The number of nitrogens with one attached hydrogen (secondary N) is 2. The smallest absolute Gasteiger partial charge is 0.326 e. The summed E-state index contributed by atoms with van der Waals surface area (Å²) in [6.45, 7) is 11.0. The van der Waals surface area contributed by atoms with Crippen LogP contribution in [0.25, 0.3) is 16.7 Å². The van der Waals surface area contributed by atoms with E-state index in [2.05, 4.69) is 20.7 Å². The first-order valence-corrected chi connectivity index (χ1v) is 13.4. The van der Waals surface area contributed by atoms with Gasteiger partial charge >= 0.3 is 12.0 Å². The van der Waals surface area contributed by atoms with Crippen molar-refractivity contribution in [2.24, 2.45) is 5.41 Å². The summed E-state index contributed by atoms with van der Waals surface area (Å²) in [5.74, 6) is -0.0252. The van der Waals surface area contributed by atoms with Gasteiger partial charge in [-0.05, 0) is 44.4 Å². The van der Waals surface area contributed by atoms with E-state index in [1.165, 1.54) is 4.90 Å². The average molecular weight is 567 g/mol. The average Bonchev–Trinajstić information content (AvgIpc) is 3.55. The summed E-state index contributed by atoms with van der Waals surface area (Å²) in [5, 5.41) is 20.6. The maximum absolute atomic E-state index is 13.8. The third-order valence-corrected chi connectivity index (χ3v) is 6.71. The van der Waals surface area contributed by atoms with E-state index in [9.17, 15) is 19.5 Å². The first-order valence-electron chi connectivity index (χ1n) is 13.4. The van der Waals surface area contributed by atoms with Gasteiger partial charge in [-0.25, -0.2) is 19.3 Å². The van der Waals surface area contributed by atoms with Crippen molar-refractivity contribution in [3.8, 4) is 17.3 Å². The fourth-order valence-corrected chi connectivity index (χ4v) is 4.77. The summed E-state index contributed by atoms with van der Waals surface area (Å²) in [7, 11) is 1.57. The van der Waals surface area contributed by atoms with Gasteiger partial charge in [0, 0.05) is 41.9 Å². The number of aliphatic carboxylic acids is 1. The number of ether oxygens (including phenoxy) is 2. The molecule has 0 radical (unpaired) electrons. The molecule has 220 valence electrons. The zero-order valence-electron chi connectivity index (χ0n) is 24.5. The fraction of sp³-hybridized carbons (Fsp3) is 0.483. The lowest BCUT2D eigenvalue weighted by Crippen LogP contribution is -2.60. The Bertz CT molecular complexity index is 1430. The van der Waals surface area contributed by atoms with Gasteiger partial charge in [-0.3, -0.25) is 4.79 Å². The van der Waals surface area contributed by atoms with Crippen molar-refractivity contribution >= 4 is 28.8 Å².